The van der Waals surface area contributed by atoms with Crippen LogP contribution in [0.15, 0.2) is 30.3 Å². The van der Waals surface area contributed by atoms with Crippen LogP contribution >= 0.6 is 0 Å². The number of aliphatic hydroxyl groups excluding tert-OH is 1. The first-order valence-electron chi connectivity index (χ1n) is 7.92. The van der Waals surface area contributed by atoms with Crippen LogP contribution in [0.2, 0.25) is 0 Å². The van der Waals surface area contributed by atoms with Crippen LogP contribution in [0.25, 0.3) is 11.1 Å². The van der Waals surface area contributed by atoms with Crippen LogP contribution in [-0.4, -0.2) is 25.9 Å². The van der Waals surface area contributed by atoms with Crippen molar-refractivity contribution >= 4 is 0 Å². The molecule has 0 unspecified atom stereocenters. The van der Waals surface area contributed by atoms with Crippen LogP contribution in [0.4, 0.5) is 0 Å². The van der Waals surface area contributed by atoms with E-state index in [1.54, 1.807) is 14.2 Å². The number of aliphatic hydroxyl groups is 1. The lowest BCUT2D eigenvalue weighted by atomic mass is 9.68. The van der Waals surface area contributed by atoms with Gasteiger partial charge in [0, 0.05) is 12.1 Å². The van der Waals surface area contributed by atoms with E-state index in [0.29, 0.717) is 0 Å². The molecule has 4 nitrogen and oxygen atoms in total. The molecule has 0 saturated carbocycles. The number of hydrogen-bond acceptors (Lipinski definition) is 4. The normalized spacial score (nSPS) is 24.6. The fourth-order valence-corrected chi connectivity index (χ4v) is 4.15. The Kier molecular flexibility index (Phi) is 3.15. The van der Waals surface area contributed by atoms with E-state index in [1.165, 1.54) is 5.56 Å². The van der Waals surface area contributed by atoms with Crippen LogP contribution in [0, 0.1) is 0 Å². The second-order valence-electron chi connectivity index (χ2n) is 6.39. The number of methoxy groups -OCH3 is 2. The van der Waals surface area contributed by atoms with Gasteiger partial charge in [-0.25, -0.2) is 0 Å². The Labute approximate surface area is 136 Å². The Morgan fingerprint density at radius 1 is 1.22 bits per heavy atom. The van der Waals surface area contributed by atoms with E-state index in [0.717, 1.165) is 46.7 Å². The lowest BCUT2D eigenvalue weighted by Crippen LogP contribution is -2.51. The number of benzene rings is 2. The summed E-state index contributed by atoms with van der Waals surface area (Å²) in [7, 11) is 3.34. The van der Waals surface area contributed by atoms with E-state index in [2.05, 4.69) is 18.3 Å². The van der Waals surface area contributed by atoms with Gasteiger partial charge in [0.25, 0.3) is 0 Å². The predicted octanol–water partition coefficient (Wildman–Crippen LogP) is 2.78. The van der Waals surface area contributed by atoms with Crippen molar-refractivity contribution in [1.82, 2.24) is 5.32 Å². The lowest BCUT2D eigenvalue weighted by Gasteiger charge is -2.46. The average Bonchev–Trinajstić information content (AvgIpc) is 2.58. The molecule has 23 heavy (non-hydrogen) atoms. The molecule has 2 N–H and O–H groups in total. The fourth-order valence-electron chi connectivity index (χ4n) is 4.15. The summed E-state index contributed by atoms with van der Waals surface area (Å²) in [5, 5.41) is 14.6. The van der Waals surface area contributed by atoms with Crippen molar-refractivity contribution in [2.45, 2.75) is 25.0 Å². The molecule has 1 aliphatic carbocycles. The van der Waals surface area contributed by atoms with Crippen molar-refractivity contribution in [3.63, 3.8) is 0 Å². The van der Waals surface area contributed by atoms with Crippen molar-refractivity contribution in [2.24, 2.45) is 0 Å². The van der Waals surface area contributed by atoms with Crippen molar-refractivity contribution in [2.75, 3.05) is 20.8 Å². The van der Waals surface area contributed by atoms with Gasteiger partial charge in [0.15, 0.2) is 11.5 Å². The molecule has 0 fully saturated rings. The molecule has 0 saturated heterocycles. The molecule has 4 rings (SSSR count). The minimum absolute atomic E-state index is 0.517. The smallest absolute Gasteiger partial charge is 0.168 e. The SMILES string of the molecule is COc1cc2c3c(c1OC)-c1ccccc1[C@@H](O)[C@]3(C)NCC2. The fraction of sp³-hybridized carbons (Fsp3) is 0.368. The molecule has 0 spiro atoms. The Hall–Kier alpha value is -2.04. The summed E-state index contributed by atoms with van der Waals surface area (Å²) >= 11 is 0. The summed E-state index contributed by atoms with van der Waals surface area (Å²) in [5.41, 5.74) is 4.82. The molecule has 4 heteroatoms. The van der Waals surface area contributed by atoms with Gasteiger partial charge in [-0.05, 0) is 41.7 Å². The van der Waals surface area contributed by atoms with Gasteiger partial charge in [-0.1, -0.05) is 24.3 Å². The van der Waals surface area contributed by atoms with Crippen molar-refractivity contribution in [3.8, 4) is 22.6 Å². The van der Waals surface area contributed by atoms with Gasteiger partial charge in [0.05, 0.1) is 19.8 Å². The Balaban J connectivity index is 2.16. The van der Waals surface area contributed by atoms with Gasteiger partial charge in [-0.3, -0.25) is 0 Å². The summed E-state index contributed by atoms with van der Waals surface area (Å²) in [5.74, 6) is 1.48. The summed E-state index contributed by atoms with van der Waals surface area (Å²) in [6.45, 7) is 2.90. The first kappa shape index (κ1) is 14.5. The first-order chi connectivity index (χ1) is 11.1. The molecule has 2 aromatic rings. The molecule has 120 valence electrons. The molecule has 1 heterocycles. The topological polar surface area (TPSA) is 50.7 Å². The summed E-state index contributed by atoms with van der Waals surface area (Å²) in [6, 6.07) is 10.0. The van der Waals surface area contributed by atoms with Gasteiger partial charge in [-0.15, -0.1) is 0 Å². The van der Waals surface area contributed by atoms with Gasteiger partial charge in [0.1, 0.15) is 6.10 Å². The number of nitrogens with one attached hydrogen (secondary N) is 1. The molecule has 0 bridgehead atoms. The minimum Gasteiger partial charge on any atom is -0.493 e. The molecule has 2 aromatic carbocycles. The monoisotopic (exact) mass is 311 g/mol. The van der Waals surface area contributed by atoms with Gasteiger partial charge in [0.2, 0.25) is 0 Å². The minimum atomic E-state index is -0.594. The van der Waals surface area contributed by atoms with Gasteiger partial charge < -0.3 is 19.9 Å². The number of ether oxygens (including phenoxy) is 2. The Bertz CT molecular complexity index is 786. The highest BCUT2D eigenvalue weighted by molar-refractivity contribution is 5.84. The van der Waals surface area contributed by atoms with Crippen LogP contribution in [0.1, 0.15) is 29.7 Å². The molecule has 1 aliphatic heterocycles. The highest BCUT2D eigenvalue weighted by Crippen LogP contribution is 2.55. The van der Waals surface area contributed by atoms with Gasteiger partial charge >= 0.3 is 0 Å². The zero-order valence-corrected chi connectivity index (χ0v) is 13.6. The molecule has 0 amide bonds. The van der Waals surface area contributed by atoms with E-state index in [4.69, 9.17) is 9.47 Å². The van der Waals surface area contributed by atoms with Crippen LogP contribution in [0.5, 0.6) is 11.5 Å². The molecule has 2 aliphatic rings. The van der Waals surface area contributed by atoms with E-state index < -0.39 is 11.6 Å². The van der Waals surface area contributed by atoms with Crippen LogP contribution < -0.4 is 14.8 Å². The summed E-state index contributed by atoms with van der Waals surface area (Å²) in [4.78, 5) is 0. The first-order valence-corrected chi connectivity index (χ1v) is 7.92. The Morgan fingerprint density at radius 2 is 2.00 bits per heavy atom. The zero-order chi connectivity index (χ0) is 16.2. The van der Waals surface area contributed by atoms with E-state index in [-0.39, 0.29) is 0 Å². The molecule has 0 aromatic heterocycles. The van der Waals surface area contributed by atoms with Crippen molar-refractivity contribution in [3.05, 3.63) is 47.0 Å². The molecule has 2 atom stereocenters. The van der Waals surface area contributed by atoms with Gasteiger partial charge in [-0.2, -0.15) is 0 Å². The maximum atomic E-state index is 11.0. The second kappa shape index (κ2) is 4.98. The Morgan fingerprint density at radius 3 is 2.74 bits per heavy atom. The van der Waals surface area contributed by atoms with Crippen molar-refractivity contribution < 1.29 is 14.6 Å². The highest BCUT2D eigenvalue weighted by atomic mass is 16.5. The summed E-state index contributed by atoms with van der Waals surface area (Å²) < 4.78 is 11.3. The quantitative estimate of drug-likeness (QED) is 0.895. The maximum absolute atomic E-state index is 11.0. The zero-order valence-electron chi connectivity index (χ0n) is 13.6. The average molecular weight is 311 g/mol. The molecule has 0 radical (unpaired) electrons. The predicted molar refractivity (Wildman–Crippen MR) is 89.0 cm³/mol. The third-order valence-electron chi connectivity index (χ3n) is 5.23. The summed E-state index contributed by atoms with van der Waals surface area (Å²) in [6.07, 6.45) is 0.316. The van der Waals surface area contributed by atoms with Crippen LogP contribution in [0.3, 0.4) is 0 Å². The van der Waals surface area contributed by atoms with E-state index >= 15 is 0 Å². The third-order valence-corrected chi connectivity index (χ3v) is 5.23. The largest absolute Gasteiger partial charge is 0.493 e. The standard InChI is InChI=1S/C19H21NO3/c1-19-16-11(8-9-20-19)10-14(22-2)17(23-3)15(16)12-6-4-5-7-13(12)18(19)21/h4-7,10,18,20-21H,8-9H2,1-3H3/t18-,19-/m1/s1. The van der Waals surface area contributed by atoms with Crippen molar-refractivity contribution in [1.29, 1.82) is 0 Å². The highest BCUT2D eigenvalue weighted by Gasteiger charge is 2.47. The van der Waals surface area contributed by atoms with E-state index in [9.17, 15) is 5.11 Å². The van der Waals surface area contributed by atoms with Crippen LogP contribution in [-0.2, 0) is 12.0 Å². The second-order valence-corrected chi connectivity index (χ2v) is 6.39. The molecular formula is C19H21NO3. The molecular weight excluding hydrogens is 290 g/mol. The number of rotatable bonds is 2. The van der Waals surface area contributed by atoms with E-state index in [1.807, 2.05) is 24.3 Å². The number of fused-ring (bicyclic) bond motifs is 2. The number of hydrogen-bond donors (Lipinski definition) is 2. The lowest BCUT2D eigenvalue weighted by molar-refractivity contribution is 0.0611. The third kappa shape index (κ3) is 1.79. The maximum Gasteiger partial charge on any atom is 0.168 e.